The van der Waals surface area contributed by atoms with Crippen LogP contribution in [0.3, 0.4) is 0 Å². The molecule has 1 aliphatic carbocycles. The van der Waals surface area contributed by atoms with Crippen molar-refractivity contribution in [2.45, 2.75) is 64.0 Å². The number of amides is 1. The standard InChI is InChI=1S/C26H32ClFN8O2/c1-15-24(35-25(31-2)33-18-4-3-10-38-11-9-18)36(19-7-5-17(6-8-19)23(30)37)26(32-15)34-22-20(27)12-16(14-29)13-21(22)28/h12-13,17-19H,2-11H2,1H3,(H2,30,37)(H,32,34)(H,33,35). The Hall–Kier alpha value is -3.49. The number of benzene rings is 1. The first kappa shape index (κ1) is 27.5. The number of imidazole rings is 1. The Kier molecular flexibility index (Phi) is 8.97. The Morgan fingerprint density at radius 1 is 1.29 bits per heavy atom. The van der Waals surface area contributed by atoms with E-state index in [0.29, 0.717) is 55.7 Å². The third-order valence-corrected chi connectivity index (χ3v) is 7.36. The molecule has 0 spiro atoms. The van der Waals surface area contributed by atoms with Crippen molar-refractivity contribution in [2.75, 3.05) is 23.8 Å². The molecule has 0 radical (unpaired) electrons. The van der Waals surface area contributed by atoms with Crippen molar-refractivity contribution >= 4 is 47.6 Å². The van der Waals surface area contributed by atoms with Crippen LogP contribution in [0.2, 0.25) is 5.02 Å². The van der Waals surface area contributed by atoms with Crippen molar-refractivity contribution < 1.29 is 13.9 Å². The number of guanidine groups is 1. The number of carbonyl (C=O) groups is 1. The summed E-state index contributed by atoms with van der Waals surface area (Å²) >= 11 is 6.32. The first-order valence-corrected chi connectivity index (χ1v) is 13.1. The van der Waals surface area contributed by atoms with Gasteiger partial charge in [-0.05, 0) is 70.7 Å². The second kappa shape index (κ2) is 12.4. The number of hydrogen-bond acceptors (Lipinski definition) is 6. The maximum absolute atomic E-state index is 14.9. The van der Waals surface area contributed by atoms with E-state index < -0.39 is 5.82 Å². The molecule has 1 unspecified atom stereocenters. The summed E-state index contributed by atoms with van der Waals surface area (Å²) in [4.78, 5) is 25.3. The van der Waals surface area contributed by atoms with Crippen LogP contribution in [-0.2, 0) is 9.53 Å². The molecule has 0 bridgehead atoms. The van der Waals surface area contributed by atoms with Gasteiger partial charge >= 0.3 is 0 Å². The van der Waals surface area contributed by atoms with Crippen LogP contribution in [0.4, 0.5) is 21.8 Å². The second-order valence-corrected chi connectivity index (χ2v) is 10.0. The number of nitriles is 1. The van der Waals surface area contributed by atoms with Crippen LogP contribution in [0, 0.1) is 30.0 Å². The topological polar surface area (TPSA) is 143 Å². The van der Waals surface area contributed by atoms with Gasteiger partial charge in [-0.25, -0.2) is 19.4 Å². The van der Waals surface area contributed by atoms with E-state index in [1.54, 1.807) is 0 Å². The van der Waals surface area contributed by atoms with E-state index >= 15 is 0 Å². The molecule has 1 aromatic carbocycles. The van der Waals surface area contributed by atoms with E-state index in [9.17, 15) is 9.18 Å². The van der Waals surface area contributed by atoms with E-state index in [0.717, 1.165) is 31.9 Å². The van der Waals surface area contributed by atoms with Crippen molar-refractivity contribution in [3.8, 4) is 6.07 Å². The summed E-state index contributed by atoms with van der Waals surface area (Å²) in [5, 5.41) is 15.5. The molecule has 1 saturated heterocycles. The molecular weight excluding hydrogens is 511 g/mol. The molecule has 12 heteroatoms. The Morgan fingerprint density at radius 2 is 2.05 bits per heavy atom. The third kappa shape index (κ3) is 6.31. The monoisotopic (exact) mass is 542 g/mol. The zero-order valence-corrected chi connectivity index (χ0v) is 22.1. The number of aliphatic imine (C=N–C) groups is 2. The fraction of sp³-hybridized carbons (Fsp3) is 0.500. The number of aryl methyl sites for hydroxylation is 1. The summed E-state index contributed by atoms with van der Waals surface area (Å²) in [7, 11) is 0. The lowest BCUT2D eigenvalue weighted by atomic mass is 9.85. The van der Waals surface area contributed by atoms with E-state index in [1.165, 1.54) is 6.07 Å². The maximum atomic E-state index is 14.9. The van der Waals surface area contributed by atoms with Gasteiger partial charge in [-0.15, -0.1) is 0 Å². The lowest BCUT2D eigenvalue weighted by molar-refractivity contribution is -0.122. The smallest absolute Gasteiger partial charge is 0.223 e. The van der Waals surface area contributed by atoms with Crippen molar-refractivity contribution in [2.24, 2.45) is 21.6 Å². The predicted octanol–water partition coefficient (Wildman–Crippen LogP) is 4.85. The highest BCUT2D eigenvalue weighted by atomic mass is 35.5. The van der Waals surface area contributed by atoms with Gasteiger partial charge in [0.05, 0.1) is 34.1 Å². The van der Waals surface area contributed by atoms with Crippen molar-refractivity contribution in [3.05, 3.63) is 34.2 Å². The number of anilines is 3. The molecule has 1 aromatic heterocycles. The average Bonchev–Trinajstić information content (AvgIpc) is 3.04. The normalized spacial score (nSPS) is 22.3. The largest absolute Gasteiger partial charge is 0.381 e. The Morgan fingerprint density at radius 3 is 2.71 bits per heavy atom. The van der Waals surface area contributed by atoms with Gasteiger partial charge in [-0.3, -0.25) is 9.36 Å². The van der Waals surface area contributed by atoms with Crippen LogP contribution in [-0.4, -0.2) is 47.4 Å². The fourth-order valence-electron chi connectivity index (χ4n) is 5.04. The molecule has 1 aliphatic heterocycles. The molecular formula is C26H32ClFN8O2. The van der Waals surface area contributed by atoms with Crippen molar-refractivity contribution in [1.82, 2.24) is 9.55 Å². The van der Waals surface area contributed by atoms with Gasteiger partial charge in [0.25, 0.3) is 0 Å². The molecule has 2 heterocycles. The minimum atomic E-state index is -0.668. The van der Waals surface area contributed by atoms with Gasteiger partial charge in [0.15, 0.2) is 0 Å². The van der Waals surface area contributed by atoms with Crippen LogP contribution in [0.1, 0.15) is 62.2 Å². The predicted molar refractivity (Wildman–Crippen MR) is 146 cm³/mol. The maximum Gasteiger partial charge on any atom is 0.223 e. The molecule has 2 aliphatic rings. The quantitative estimate of drug-likeness (QED) is 0.351. The zero-order valence-electron chi connectivity index (χ0n) is 21.3. The van der Waals surface area contributed by atoms with E-state index in [1.807, 2.05) is 17.6 Å². The number of aromatic nitrogens is 2. The SMILES string of the molecule is C=NC(=NC1CCCOCC1)Nc1c(C)nc(Nc2c(F)cc(C#N)cc2Cl)n1C1CCC(C(N)=O)CC1. The highest BCUT2D eigenvalue weighted by Gasteiger charge is 2.30. The van der Waals surface area contributed by atoms with E-state index in [4.69, 9.17) is 32.3 Å². The summed E-state index contributed by atoms with van der Waals surface area (Å²) in [6, 6.07) is 4.40. The van der Waals surface area contributed by atoms with Crippen LogP contribution in [0.25, 0.3) is 0 Å². The van der Waals surface area contributed by atoms with Gasteiger partial charge in [-0.2, -0.15) is 5.26 Å². The molecule has 2 aromatic rings. The molecule has 1 amide bonds. The van der Waals surface area contributed by atoms with Gasteiger partial charge < -0.3 is 21.1 Å². The van der Waals surface area contributed by atoms with Gasteiger partial charge in [0, 0.05) is 25.2 Å². The fourth-order valence-corrected chi connectivity index (χ4v) is 5.29. The van der Waals surface area contributed by atoms with E-state index in [-0.39, 0.29) is 40.2 Å². The lowest BCUT2D eigenvalue weighted by Gasteiger charge is -2.30. The molecule has 38 heavy (non-hydrogen) atoms. The number of primary amides is 1. The minimum Gasteiger partial charge on any atom is -0.381 e. The highest BCUT2D eigenvalue weighted by Crippen LogP contribution is 2.39. The van der Waals surface area contributed by atoms with Gasteiger partial charge in [0.2, 0.25) is 17.8 Å². The number of nitrogens with zero attached hydrogens (tertiary/aromatic N) is 5. The van der Waals surface area contributed by atoms with Gasteiger partial charge in [-0.1, -0.05) is 11.6 Å². The number of ether oxygens (including phenoxy) is 1. The summed E-state index contributed by atoms with van der Waals surface area (Å²) < 4.78 is 22.4. The van der Waals surface area contributed by atoms with Crippen molar-refractivity contribution in [3.63, 3.8) is 0 Å². The molecule has 1 saturated carbocycles. The number of nitrogens with two attached hydrogens (primary N) is 1. The lowest BCUT2D eigenvalue weighted by Crippen LogP contribution is -2.29. The van der Waals surface area contributed by atoms with E-state index in [2.05, 4.69) is 27.3 Å². The Labute approximate surface area is 226 Å². The van der Waals surface area contributed by atoms with Crippen LogP contribution < -0.4 is 16.4 Å². The third-order valence-electron chi connectivity index (χ3n) is 7.06. The molecule has 4 N–H and O–H groups in total. The summed E-state index contributed by atoms with van der Waals surface area (Å²) in [5.74, 6) is 0.213. The summed E-state index contributed by atoms with van der Waals surface area (Å²) in [6.45, 7) is 6.89. The minimum absolute atomic E-state index is 0.0171. The average molecular weight is 543 g/mol. The number of hydrogen-bond donors (Lipinski definition) is 3. The number of nitrogens with one attached hydrogen (secondary N) is 2. The first-order chi connectivity index (χ1) is 18.3. The molecule has 10 nitrogen and oxygen atoms in total. The number of carbonyl (C=O) groups excluding carboxylic acids is 1. The van der Waals surface area contributed by atoms with Crippen LogP contribution in [0.5, 0.6) is 0 Å². The highest BCUT2D eigenvalue weighted by molar-refractivity contribution is 6.33. The summed E-state index contributed by atoms with van der Waals surface area (Å²) in [6.07, 6.45) is 5.20. The van der Waals surface area contributed by atoms with Gasteiger partial charge in [0.1, 0.15) is 11.6 Å². The first-order valence-electron chi connectivity index (χ1n) is 12.7. The zero-order chi connectivity index (χ0) is 27.2. The summed E-state index contributed by atoms with van der Waals surface area (Å²) in [5.41, 5.74) is 6.32. The molecule has 4 rings (SSSR count). The second-order valence-electron chi connectivity index (χ2n) is 9.63. The Bertz CT molecular complexity index is 1230. The van der Waals surface area contributed by atoms with Crippen LogP contribution in [0.15, 0.2) is 22.1 Å². The Balaban J connectivity index is 1.70. The molecule has 2 fully saturated rings. The molecule has 202 valence electrons. The number of rotatable bonds is 6. The van der Waals surface area contributed by atoms with Crippen LogP contribution >= 0.6 is 11.6 Å². The number of halogens is 2. The molecule has 1 atom stereocenters. The van der Waals surface area contributed by atoms with Crippen molar-refractivity contribution in [1.29, 1.82) is 5.26 Å².